The maximum atomic E-state index is 12.1. The molecule has 112 valence electrons. The van der Waals surface area contributed by atoms with Gasteiger partial charge in [0.15, 0.2) is 8.68 Å². The number of benzene rings is 1. The third-order valence-corrected chi connectivity index (χ3v) is 5.70. The smallest absolute Gasteiger partial charge is 0.279 e. The lowest BCUT2D eigenvalue weighted by Gasteiger charge is -2.09. The number of anilines is 1. The molecule has 0 aliphatic rings. The number of hydrogen-bond donors (Lipinski definition) is 1. The minimum absolute atomic E-state index is 0.0682. The first-order valence-electron chi connectivity index (χ1n) is 5.29. The van der Waals surface area contributed by atoms with Crippen LogP contribution in [0.5, 0.6) is 0 Å². The van der Waals surface area contributed by atoms with Crippen molar-refractivity contribution in [3.8, 4) is 0 Å². The van der Waals surface area contributed by atoms with E-state index in [1.165, 1.54) is 19.1 Å². The van der Waals surface area contributed by atoms with Crippen LogP contribution in [0.3, 0.4) is 0 Å². The van der Waals surface area contributed by atoms with Crippen LogP contribution in [0.4, 0.5) is 11.4 Å². The summed E-state index contributed by atoms with van der Waals surface area (Å²) < 4.78 is 26.6. The highest BCUT2D eigenvalue weighted by molar-refractivity contribution is 7.94. The van der Waals surface area contributed by atoms with Gasteiger partial charge < -0.3 is 0 Å². The summed E-state index contributed by atoms with van der Waals surface area (Å²) >= 11 is 12.2. The summed E-state index contributed by atoms with van der Waals surface area (Å²) in [6.07, 6.45) is 1.12. The van der Waals surface area contributed by atoms with E-state index in [0.29, 0.717) is 5.56 Å². The van der Waals surface area contributed by atoms with E-state index in [4.69, 9.17) is 23.2 Å². The highest BCUT2D eigenvalue weighted by Crippen LogP contribution is 2.32. The van der Waals surface area contributed by atoms with E-state index >= 15 is 0 Å². The molecule has 0 unspecified atom stereocenters. The van der Waals surface area contributed by atoms with Crippen LogP contribution >= 0.6 is 34.5 Å². The van der Waals surface area contributed by atoms with Crippen LogP contribution in [0.15, 0.2) is 22.5 Å². The van der Waals surface area contributed by atoms with Crippen LogP contribution in [0.25, 0.3) is 0 Å². The van der Waals surface area contributed by atoms with E-state index in [2.05, 4.69) is 9.71 Å². The molecule has 2 rings (SSSR count). The molecule has 0 bridgehead atoms. The van der Waals surface area contributed by atoms with Crippen LogP contribution in [-0.2, 0) is 10.0 Å². The largest absolute Gasteiger partial charge is 0.288 e. The molecule has 0 spiro atoms. The second-order valence-corrected chi connectivity index (χ2v) is 7.84. The zero-order chi connectivity index (χ0) is 15.8. The third-order valence-electron chi connectivity index (χ3n) is 2.46. The molecule has 0 radical (unpaired) electrons. The van der Waals surface area contributed by atoms with Crippen LogP contribution in [0.1, 0.15) is 5.56 Å². The summed E-state index contributed by atoms with van der Waals surface area (Å²) in [6, 6.07) is 2.38. The van der Waals surface area contributed by atoms with Crippen molar-refractivity contribution in [1.29, 1.82) is 0 Å². The van der Waals surface area contributed by atoms with E-state index < -0.39 is 14.9 Å². The number of nitro benzene ring substituents is 1. The summed E-state index contributed by atoms with van der Waals surface area (Å²) in [6.45, 7) is 1.53. The van der Waals surface area contributed by atoms with Crippen molar-refractivity contribution in [3.05, 3.63) is 43.5 Å². The van der Waals surface area contributed by atoms with Gasteiger partial charge in [0, 0.05) is 6.07 Å². The molecule has 11 heteroatoms. The molecular weight excluding hydrogens is 361 g/mol. The summed E-state index contributed by atoms with van der Waals surface area (Å²) in [7, 11) is -3.87. The average molecular weight is 368 g/mol. The summed E-state index contributed by atoms with van der Waals surface area (Å²) in [5.41, 5.74) is 0.221. The number of sulfonamides is 1. The van der Waals surface area contributed by atoms with Gasteiger partial charge in [-0.1, -0.05) is 34.5 Å². The fourth-order valence-corrected chi connectivity index (χ4v) is 4.12. The Hall–Kier alpha value is -1.42. The molecule has 7 nitrogen and oxygen atoms in total. The topological polar surface area (TPSA) is 102 Å². The molecule has 0 atom stereocenters. The highest BCUT2D eigenvalue weighted by Gasteiger charge is 2.21. The maximum absolute atomic E-state index is 12.1. The Morgan fingerprint density at radius 2 is 2.05 bits per heavy atom. The van der Waals surface area contributed by atoms with Crippen LogP contribution in [0, 0.1) is 17.0 Å². The van der Waals surface area contributed by atoms with Gasteiger partial charge in [-0.3, -0.25) is 14.8 Å². The summed E-state index contributed by atoms with van der Waals surface area (Å²) in [4.78, 5) is 13.8. The number of hydrogen-bond acceptors (Lipinski definition) is 6. The van der Waals surface area contributed by atoms with Gasteiger partial charge >= 0.3 is 0 Å². The number of aryl methyl sites for hydroxylation is 1. The van der Waals surface area contributed by atoms with Gasteiger partial charge in [0.1, 0.15) is 5.02 Å². The number of thiazole rings is 1. The minimum atomic E-state index is -3.87. The van der Waals surface area contributed by atoms with Crippen LogP contribution in [-0.4, -0.2) is 18.3 Å². The summed E-state index contributed by atoms with van der Waals surface area (Å²) in [5.74, 6) is 0. The van der Waals surface area contributed by atoms with E-state index in [1.54, 1.807) is 0 Å². The zero-order valence-corrected chi connectivity index (χ0v) is 13.5. The number of nitrogens with zero attached hydrogens (tertiary/aromatic N) is 2. The molecule has 1 N–H and O–H groups in total. The lowest BCUT2D eigenvalue weighted by atomic mass is 10.2. The Morgan fingerprint density at radius 1 is 1.38 bits per heavy atom. The molecular formula is C10H7Cl2N3O4S2. The first kappa shape index (κ1) is 16.0. The van der Waals surface area contributed by atoms with Gasteiger partial charge in [0.2, 0.25) is 0 Å². The number of aromatic nitrogens is 1. The Labute approximate surface area is 133 Å². The molecule has 0 saturated carbocycles. The Bertz CT molecular complexity index is 820. The number of nitro groups is 1. The van der Waals surface area contributed by atoms with E-state index in [-0.39, 0.29) is 25.1 Å². The predicted molar refractivity (Wildman–Crippen MR) is 80.8 cm³/mol. The monoisotopic (exact) mass is 367 g/mol. The van der Waals surface area contributed by atoms with Crippen molar-refractivity contribution in [2.75, 3.05) is 4.72 Å². The van der Waals surface area contributed by atoms with Crippen molar-refractivity contribution in [2.45, 2.75) is 11.1 Å². The number of nitrogens with one attached hydrogen (secondary N) is 1. The second kappa shape index (κ2) is 5.76. The van der Waals surface area contributed by atoms with Crippen molar-refractivity contribution < 1.29 is 13.3 Å². The van der Waals surface area contributed by atoms with E-state index in [1.807, 2.05) is 0 Å². The quantitative estimate of drug-likeness (QED) is 0.658. The normalized spacial score (nSPS) is 11.4. The van der Waals surface area contributed by atoms with Crippen molar-refractivity contribution in [3.63, 3.8) is 0 Å². The lowest BCUT2D eigenvalue weighted by Crippen LogP contribution is -2.12. The first-order valence-corrected chi connectivity index (χ1v) is 8.35. The molecule has 2 aromatic rings. The SMILES string of the molecule is Cc1cc([N+](=O)[O-])c(Cl)cc1NS(=O)(=O)c1cnc(Cl)s1. The third kappa shape index (κ3) is 3.43. The van der Waals surface area contributed by atoms with Crippen LogP contribution in [0.2, 0.25) is 9.49 Å². The van der Waals surface area contributed by atoms with Gasteiger partial charge in [-0.25, -0.2) is 13.4 Å². The fraction of sp³-hybridized carbons (Fsp3) is 0.100. The van der Waals surface area contributed by atoms with Crippen LogP contribution < -0.4 is 4.72 Å². The molecule has 21 heavy (non-hydrogen) atoms. The summed E-state index contributed by atoms with van der Waals surface area (Å²) in [5, 5.41) is 10.6. The van der Waals surface area contributed by atoms with Crippen molar-refractivity contribution in [1.82, 2.24) is 4.98 Å². The average Bonchev–Trinajstić information content (AvgIpc) is 2.80. The Morgan fingerprint density at radius 3 is 2.57 bits per heavy atom. The predicted octanol–water partition coefficient (Wildman–Crippen LogP) is 3.47. The van der Waals surface area contributed by atoms with E-state index in [0.717, 1.165) is 17.5 Å². The molecule has 0 amide bonds. The molecule has 0 aliphatic heterocycles. The molecule has 0 saturated heterocycles. The number of halogens is 2. The highest BCUT2D eigenvalue weighted by atomic mass is 35.5. The van der Waals surface area contributed by atoms with Crippen molar-refractivity contribution in [2.24, 2.45) is 0 Å². The zero-order valence-electron chi connectivity index (χ0n) is 10.3. The Kier molecular flexibility index (Phi) is 4.38. The maximum Gasteiger partial charge on any atom is 0.288 e. The molecule has 1 aromatic heterocycles. The molecule has 1 aromatic carbocycles. The van der Waals surface area contributed by atoms with Gasteiger partial charge in [-0.05, 0) is 18.6 Å². The first-order chi connectivity index (χ1) is 9.70. The molecule has 0 aliphatic carbocycles. The van der Waals surface area contributed by atoms with Crippen molar-refractivity contribution >= 4 is 55.9 Å². The van der Waals surface area contributed by atoms with Gasteiger partial charge in [0.05, 0.1) is 16.8 Å². The standard InChI is InChI=1S/C10H7Cl2N3O4S2/c1-5-2-8(15(16)17)6(11)3-7(5)14-21(18,19)9-4-13-10(12)20-9/h2-4,14H,1H3. The number of rotatable bonds is 4. The minimum Gasteiger partial charge on any atom is -0.279 e. The van der Waals surface area contributed by atoms with Gasteiger partial charge in [0.25, 0.3) is 15.7 Å². The van der Waals surface area contributed by atoms with E-state index in [9.17, 15) is 18.5 Å². The fourth-order valence-electron chi connectivity index (χ4n) is 1.47. The molecule has 0 fully saturated rings. The lowest BCUT2D eigenvalue weighted by molar-refractivity contribution is -0.384. The van der Waals surface area contributed by atoms with Gasteiger partial charge in [-0.2, -0.15) is 0 Å². The van der Waals surface area contributed by atoms with Gasteiger partial charge in [-0.15, -0.1) is 0 Å². The second-order valence-electron chi connectivity index (χ2n) is 3.91. The molecule has 1 heterocycles. The Balaban J connectivity index is 2.40.